The van der Waals surface area contributed by atoms with Crippen molar-refractivity contribution in [2.75, 3.05) is 0 Å². The van der Waals surface area contributed by atoms with E-state index in [1.54, 1.807) is 6.07 Å². The number of carbonyl (C=O) groups is 2. The Kier molecular flexibility index (Phi) is 8.10. The molecule has 0 aliphatic heterocycles. The van der Waals surface area contributed by atoms with E-state index in [-0.39, 0.29) is 18.2 Å². The molecule has 9 heteroatoms. The average Bonchev–Trinajstić information content (AvgIpc) is 2.68. The Morgan fingerprint density at radius 2 is 1.68 bits per heavy atom. The van der Waals surface area contributed by atoms with E-state index in [1.807, 2.05) is 44.2 Å². The number of carbonyl (C=O) groups excluding carboxylic acids is 2. The molecule has 2 atom stereocenters. The predicted molar refractivity (Wildman–Crippen MR) is 105 cm³/mol. The van der Waals surface area contributed by atoms with E-state index in [0.29, 0.717) is 6.42 Å². The van der Waals surface area contributed by atoms with Gasteiger partial charge in [-0.2, -0.15) is 0 Å². The number of amides is 2. The molecule has 0 aliphatic carbocycles. The predicted octanol–water partition coefficient (Wildman–Crippen LogP) is 0.361. The maximum Gasteiger partial charge on any atom is 0.475 e. The zero-order valence-corrected chi connectivity index (χ0v) is 15.9. The van der Waals surface area contributed by atoms with Crippen LogP contribution >= 0.6 is 0 Å². The summed E-state index contributed by atoms with van der Waals surface area (Å²) in [5.41, 5.74) is 0.849. The first-order chi connectivity index (χ1) is 13.4. The summed E-state index contributed by atoms with van der Waals surface area (Å²) >= 11 is 0. The molecule has 0 fully saturated rings. The van der Waals surface area contributed by atoms with Crippen molar-refractivity contribution in [3.8, 4) is 0 Å². The summed E-state index contributed by atoms with van der Waals surface area (Å²) in [5.74, 6) is -1.83. The molecular weight excluding hydrogens is 359 g/mol. The van der Waals surface area contributed by atoms with E-state index in [0.717, 1.165) is 5.56 Å². The monoisotopic (exact) mass is 384 g/mol. The lowest BCUT2D eigenvalue weighted by Gasteiger charge is -2.24. The van der Waals surface area contributed by atoms with Crippen LogP contribution in [0.2, 0.25) is 0 Å². The SMILES string of the molecule is CC(C)C[C@H](NC(=O)C(Cc1ccccc1)NC(=O)c1ncccn1)B(O)O. The molecular formula is C19H25BN4O4. The molecule has 0 saturated heterocycles. The maximum absolute atomic E-state index is 12.8. The van der Waals surface area contributed by atoms with Gasteiger partial charge in [-0.1, -0.05) is 44.2 Å². The summed E-state index contributed by atoms with van der Waals surface area (Å²) in [4.78, 5) is 33.0. The first kappa shape index (κ1) is 21.5. The minimum atomic E-state index is -1.70. The van der Waals surface area contributed by atoms with Crippen molar-refractivity contribution in [3.05, 3.63) is 60.2 Å². The van der Waals surface area contributed by atoms with Gasteiger partial charge in [0.1, 0.15) is 6.04 Å². The topological polar surface area (TPSA) is 124 Å². The number of aromatic nitrogens is 2. The third kappa shape index (κ3) is 6.75. The average molecular weight is 384 g/mol. The first-order valence-electron chi connectivity index (χ1n) is 9.15. The Morgan fingerprint density at radius 1 is 1.04 bits per heavy atom. The minimum Gasteiger partial charge on any atom is -0.426 e. The van der Waals surface area contributed by atoms with Gasteiger partial charge in [-0.05, 0) is 24.0 Å². The van der Waals surface area contributed by atoms with E-state index >= 15 is 0 Å². The second-order valence-electron chi connectivity index (χ2n) is 6.95. The molecule has 0 radical (unpaired) electrons. The second kappa shape index (κ2) is 10.5. The van der Waals surface area contributed by atoms with Crippen molar-refractivity contribution >= 4 is 18.9 Å². The van der Waals surface area contributed by atoms with E-state index in [9.17, 15) is 19.6 Å². The molecule has 2 amide bonds. The van der Waals surface area contributed by atoms with Gasteiger partial charge in [0.15, 0.2) is 0 Å². The summed E-state index contributed by atoms with van der Waals surface area (Å²) in [6.07, 6.45) is 3.50. The number of nitrogens with one attached hydrogen (secondary N) is 2. The van der Waals surface area contributed by atoms with E-state index in [4.69, 9.17) is 0 Å². The Balaban J connectivity index is 2.16. The van der Waals surface area contributed by atoms with Crippen molar-refractivity contribution in [2.24, 2.45) is 5.92 Å². The lowest BCUT2D eigenvalue weighted by Crippen LogP contribution is -2.55. The molecule has 28 heavy (non-hydrogen) atoms. The fraction of sp³-hybridized carbons (Fsp3) is 0.368. The molecule has 0 aliphatic rings. The summed E-state index contributed by atoms with van der Waals surface area (Å²) in [6.45, 7) is 3.83. The van der Waals surface area contributed by atoms with Gasteiger partial charge in [0.05, 0.1) is 5.94 Å². The lowest BCUT2D eigenvalue weighted by molar-refractivity contribution is -0.123. The molecule has 0 bridgehead atoms. The highest BCUT2D eigenvalue weighted by Gasteiger charge is 2.30. The number of hydrogen-bond acceptors (Lipinski definition) is 6. The zero-order chi connectivity index (χ0) is 20.5. The number of hydrogen-bond donors (Lipinski definition) is 4. The van der Waals surface area contributed by atoms with E-state index in [1.165, 1.54) is 12.4 Å². The van der Waals surface area contributed by atoms with Crippen LogP contribution in [-0.2, 0) is 11.2 Å². The van der Waals surface area contributed by atoms with Crippen LogP contribution in [-0.4, -0.2) is 50.9 Å². The van der Waals surface area contributed by atoms with Crippen molar-refractivity contribution in [1.82, 2.24) is 20.6 Å². The molecule has 1 unspecified atom stereocenters. The molecule has 4 N–H and O–H groups in total. The highest BCUT2D eigenvalue weighted by molar-refractivity contribution is 6.43. The van der Waals surface area contributed by atoms with Gasteiger partial charge in [0.25, 0.3) is 5.91 Å². The summed E-state index contributed by atoms with van der Waals surface area (Å²) in [5, 5.41) is 24.4. The molecule has 1 aromatic carbocycles. The molecule has 148 valence electrons. The van der Waals surface area contributed by atoms with Crippen LogP contribution in [0.1, 0.15) is 36.5 Å². The van der Waals surface area contributed by atoms with Gasteiger partial charge >= 0.3 is 7.12 Å². The minimum absolute atomic E-state index is 0.0470. The van der Waals surface area contributed by atoms with Crippen molar-refractivity contribution in [2.45, 2.75) is 38.7 Å². The zero-order valence-electron chi connectivity index (χ0n) is 15.9. The highest BCUT2D eigenvalue weighted by atomic mass is 16.4. The van der Waals surface area contributed by atoms with Crippen molar-refractivity contribution in [3.63, 3.8) is 0 Å². The molecule has 0 spiro atoms. The van der Waals surface area contributed by atoms with Gasteiger partial charge in [0, 0.05) is 18.8 Å². The first-order valence-corrected chi connectivity index (χ1v) is 9.15. The summed E-state index contributed by atoms with van der Waals surface area (Å²) < 4.78 is 0. The Morgan fingerprint density at radius 3 is 2.25 bits per heavy atom. The van der Waals surface area contributed by atoms with Crippen LogP contribution in [0, 0.1) is 5.92 Å². The quantitative estimate of drug-likeness (QED) is 0.463. The summed E-state index contributed by atoms with van der Waals surface area (Å²) in [7, 11) is -1.70. The van der Waals surface area contributed by atoms with Crippen LogP contribution < -0.4 is 10.6 Å². The van der Waals surface area contributed by atoms with Crippen LogP contribution in [0.15, 0.2) is 48.8 Å². The molecule has 0 saturated carbocycles. The maximum atomic E-state index is 12.8. The van der Waals surface area contributed by atoms with Gasteiger partial charge in [0.2, 0.25) is 11.7 Å². The van der Waals surface area contributed by atoms with Gasteiger partial charge in [-0.25, -0.2) is 9.97 Å². The molecule has 1 heterocycles. The molecule has 2 rings (SSSR count). The van der Waals surface area contributed by atoms with Crippen LogP contribution in [0.5, 0.6) is 0 Å². The number of nitrogens with zero attached hydrogens (tertiary/aromatic N) is 2. The highest BCUT2D eigenvalue weighted by Crippen LogP contribution is 2.08. The molecule has 1 aromatic heterocycles. The van der Waals surface area contributed by atoms with Crippen molar-refractivity contribution in [1.29, 1.82) is 0 Å². The fourth-order valence-corrected chi connectivity index (χ4v) is 2.74. The Bertz CT molecular complexity index is 759. The Labute approximate surface area is 164 Å². The van der Waals surface area contributed by atoms with Gasteiger partial charge in [-0.15, -0.1) is 0 Å². The van der Waals surface area contributed by atoms with Crippen LogP contribution in [0.3, 0.4) is 0 Å². The largest absolute Gasteiger partial charge is 0.475 e. The smallest absolute Gasteiger partial charge is 0.426 e. The Hall–Kier alpha value is -2.78. The van der Waals surface area contributed by atoms with Crippen molar-refractivity contribution < 1.29 is 19.6 Å². The lowest BCUT2D eigenvalue weighted by atomic mass is 9.75. The third-order valence-corrected chi connectivity index (χ3v) is 4.09. The number of benzene rings is 1. The molecule has 8 nitrogen and oxygen atoms in total. The molecule has 2 aromatic rings. The van der Waals surface area contributed by atoms with Gasteiger partial charge < -0.3 is 20.7 Å². The fourth-order valence-electron chi connectivity index (χ4n) is 2.74. The van der Waals surface area contributed by atoms with Crippen LogP contribution in [0.4, 0.5) is 0 Å². The van der Waals surface area contributed by atoms with Crippen LogP contribution in [0.25, 0.3) is 0 Å². The van der Waals surface area contributed by atoms with E-state index in [2.05, 4.69) is 20.6 Å². The van der Waals surface area contributed by atoms with E-state index < -0.39 is 30.9 Å². The normalized spacial score (nSPS) is 12.9. The number of rotatable bonds is 9. The summed E-state index contributed by atoms with van der Waals surface area (Å²) in [6, 6.07) is 9.89. The third-order valence-electron chi connectivity index (χ3n) is 4.09. The van der Waals surface area contributed by atoms with Gasteiger partial charge in [-0.3, -0.25) is 9.59 Å². The second-order valence-corrected chi connectivity index (χ2v) is 6.95. The standard InChI is InChI=1S/C19H25BN4O4/c1-13(2)11-16(20(27)28)24-18(25)15(12-14-7-4-3-5-8-14)23-19(26)17-21-9-6-10-22-17/h3-10,13,15-16,27-28H,11-12H2,1-2H3,(H,23,26)(H,24,25)/t15?,16-/m0/s1.